The molecule has 0 aromatic heterocycles. The Morgan fingerprint density at radius 1 is 1.36 bits per heavy atom. The lowest BCUT2D eigenvalue weighted by Gasteiger charge is -2.35. The second-order valence-electron chi connectivity index (χ2n) is 4.73. The van der Waals surface area contributed by atoms with E-state index in [0.717, 1.165) is 32.3 Å². The maximum Gasteiger partial charge on any atom is 0.0924 e. The highest BCUT2D eigenvalue weighted by Crippen LogP contribution is 2.43. The van der Waals surface area contributed by atoms with Gasteiger partial charge in [0.1, 0.15) is 0 Å². The Labute approximate surface area is 85.0 Å². The smallest absolute Gasteiger partial charge is 0.0924 e. The van der Waals surface area contributed by atoms with Crippen LogP contribution in [-0.2, 0) is 9.47 Å². The summed E-state index contributed by atoms with van der Waals surface area (Å²) in [6.07, 6.45) is 4.71. The third kappa shape index (κ3) is 1.77. The van der Waals surface area contributed by atoms with Crippen molar-refractivity contribution in [1.29, 1.82) is 5.26 Å². The number of hydrogen-bond acceptors (Lipinski definition) is 3. The van der Waals surface area contributed by atoms with Crippen LogP contribution in [0.2, 0.25) is 0 Å². The van der Waals surface area contributed by atoms with Crippen LogP contribution in [0.25, 0.3) is 0 Å². The Balaban J connectivity index is 2.02. The van der Waals surface area contributed by atoms with Crippen LogP contribution in [0.4, 0.5) is 0 Å². The average Bonchev–Trinajstić information content (AvgIpc) is 2.46. The zero-order valence-electron chi connectivity index (χ0n) is 8.71. The van der Waals surface area contributed by atoms with E-state index in [4.69, 9.17) is 14.7 Å². The molecular weight excluding hydrogens is 178 g/mol. The molecule has 1 spiro atoms. The fraction of sp³-hybridized carbons (Fsp3) is 0.909. The Kier molecular flexibility index (Phi) is 2.50. The van der Waals surface area contributed by atoms with E-state index in [0.29, 0.717) is 13.0 Å². The highest BCUT2D eigenvalue weighted by atomic mass is 16.6. The molecule has 0 aromatic rings. The highest BCUT2D eigenvalue weighted by Gasteiger charge is 2.47. The minimum atomic E-state index is -0.227. The highest BCUT2D eigenvalue weighted by molar-refractivity contribution is 4.99. The fourth-order valence-electron chi connectivity index (χ4n) is 2.51. The lowest BCUT2D eigenvalue weighted by atomic mass is 9.91. The molecule has 2 atom stereocenters. The first-order valence-electron chi connectivity index (χ1n) is 5.33. The van der Waals surface area contributed by atoms with E-state index in [9.17, 15) is 0 Å². The summed E-state index contributed by atoms with van der Waals surface area (Å²) in [7, 11) is 0. The van der Waals surface area contributed by atoms with Crippen molar-refractivity contribution in [3.63, 3.8) is 0 Å². The van der Waals surface area contributed by atoms with Crippen molar-refractivity contribution < 1.29 is 9.47 Å². The van der Waals surface area contributed by atoms with E-state index in [-0.39, 0.29) is 11.2 Å². The van der Waals surface area contributed by atoms with Gasteiger partial charge in [-0.15, -0.1) is 0 Å². The second-order valence-corrected chi connectivity index (χ2v) is 4.73. The Morgan fingerprint density at radius 2 is 2.21 bits per heavy atom. The molecule has 78 valence electrons. The Hall–Kier alpha value is -0.590. The summed E-state index contributed by atoms with van der Waals surface area (Å²) in [6, 6.07) is 2.21. The number of hydrogen-bond donors (Lipinski definition) is 0. The van der Waals surface area contributed by atoms with Gasteiger partial charge in [-0.1, -0.05) is 0 Å². The summed E-state index contributed by atoms with van der Waals surface area (Å²) in [5.41, 5.74) is -0.292. The third-order valence-electron chi connectivity index (χ3n) is 3.31. The van der Waals surface area contributed by atoms with Gasteiger partial charge in [0.05, 0.1) is 30.3 Å². The molecule has 2 saturated heterocycles. The summed E-state index contributed by atoms with van der Waals surface area (Å²) in [5, 5.41) is 8.72. The van der Waals surface area contributed by atoms with Gasteiger partial charge in [0.25, 0.3) is 0 Å². The van der Waals surface area contributed by atoms with E-state index in [1.54, 1.807) is 0 Å². The van der Waals surface area contributed by atoms with Gasteiger partial charge in [-0.3, -0.25) is 0 Å². The molecule has 0 saturated carbocycles. The minimum absolute atomic E-state index is 0.0656. The molecule has 3 heteroatoms. The number of rotatable bonds is 1. The quantitative estimate of drug-likeness (QED) is 0.642. The van der Waals surface area contributed by atoms with Crippen LogP contribution in [0, 0.1) is 11.3 Å². The lowest BCUT2D eigenvalue weighted by Crippen LogP contribution is -2.41. The molecule has 0 aliphatic carbocycles. The van der Waals surface area contributed by atoms with Crippen molar-refractivity contribution in [2.24, 2.45) is 0 Å². The van der Waals surface area contributed by atoms with E-state index in [2.05, 4.69) is 6.07 Å². The molecular formula is C11H17NO2. The molecule has 0 bridgehead atoms. The van der Waals surface area contributed by atoms with Crippen molar-refractivity contribution in [3.05, 3.63) is 0 Å². The molecule has 2 unspecified atom stereocenters. The molecule has 14 heavy (non-hydrogen) atoms. The van der Waals surface area contributed by atoms with E-state index >= 15 is 0 Å². The van der Waals surface area contributed by atoms with Crippen molar-refractivity contribution >= 4 is 0 Å². The van der Waals surface area contributed by atoms with Crippen LogP contribution in [-0.4, -0.2) is 24.4 Å². The molecule has 2 aliphatic heterocycles. The van der Waals surface area contributed by atoms with Gasteiger partial charge < -0.3 is 9.47 Å². The topological polar surface area (TPSA) is 42.2 Å². The van der Waals surface area contributed by atoms with Crippen molar-refractivity contribution in [2.75, 3.05) is 13.2 Å². The third-order valence-corrected chi connectivity index (χ3v) is 3.31. The van der Waals surface area contributed by atoms with Crippen molar-refractivity contribution in [1.82, 2.24) is 0 Å². The van der Waals surface area contributed by atoms with Gasteiger partial charge >= 0.3 is 0 Å². The molecule has 2 aliphatic rings. The first-order chi connectivity index (χ1) is 6.68. The monoisotopic (exact) mass is 195 g/mol. The molecule has 2 fully saturated rings. The normalized spacial score (nSPS) is 42.6. The molecule has 0 amide bonds. The van der Waals surface area contributed by atoms with Gasteiger partial charge in [-0.05, 0) is 32.6 Å². The summed E-state index contributed by atoms with van der Waals surface area (Å²) < 4.78 is 11.5. The summed E-state index contributed by atoms with van der Waals surface area (Å²) in [5.74, 6) is 0. The predicted octanol–water partition coefficient (Wildman–Crippen LogP) is 2.02. The second kappa shape index (κ2) is 3.52. The Morgan fingerprint density at radius 3 is 2.86 bits per heavy atom. The molecule has 0 aromatic carbocycles. The van der Waals surface area contributed by atoms with Crippen LogP contribution in [0.1, 0.15) is 39.0 Å². The van der Waals surface area contributed by atoms with Gasteiger partial charge in [0, 0.05) is 6.61 Å². The molecule has 3 nitrogen and oxygen atoms in total. The first-order valence-corrected chi connectivity index (χ1v) is 5.33. The van der Waals surface area contributed by atoms with Crippen LogP contribution < -0.4 is 0 Å². The van der Waals surface area contributed by atoms with Crippen LogP contribution in [0.3, 0.4) is 0 Å². The zero-order valence-corrected chi connectivity index (χ0v) is 8.71. The molecule has 0 radical (unpaired) electrons. The predicted molar refractivity (Wildman–Crippen MR) is 51.7 cm³/mol. The number of ether oxygens (including phenoxy) is 2. The van der Waals surface area contributed by atoms with E-state index in [1.165, 1.54) is 0 Å². The number of nitriles is 1. The average molecular weight is 195 g/mol. The van der Waals surface area contributed by atoms with Gasteiger partial charge in [0.15, 0.2) is 0 Å². The van der Waals surface area contributed by atoms with Crippen molar-refractivity contribution in [2.45, 2.75) is 50.2 Å². The molecule has 0 N–H and O–H groups in total. The van der Waals surface area contributed by atoms with Crippen molar-refractivity contribution in [3.8, 4) is 6.07 Å². The summed E-state index contributed by atoms with van der Waals surface area (Å²) >= 11 is 0. The maximum absolute atomic E-state index is 8.72. The van der Waals surface area contributed by atoms with Crippen LogP contribution in [0.15, 0.2) is 0 Å². The van der Waals surface area contributed by atoms with E-state index < -0.39 is 0 Å². The van der Waals surface area contributed by atoms with E-state index in [1.807, 2.05) is 6.92 Å². The number of nitrogens with zero attached hydrogens (tertiary/aromatic N) is 1. The molecule has 2 heterocycles. The Bertz CT molecular complexity index is 253. The van der Waals surface area contributed by atoms with Gasteiger partial charge in [-0.25, -0.2) is 0 Å². The van der Waals surface area contributed by atoms with Gasteiger partial charge in [-0.2, -0.15) is 5.26 Å². The SMILES string of the molecule is CC1(CC#N)CCC2(CCCOC2)O1. The first kappa shape index (κ1) is 9.95. The maximum atomic E-state index is 8.72. The summed E-state index contributed by atoms with van der Waals surface area (Å²) in [4.78, 5) is 0. The standard InChI is InChI=1S/C11H17NO2/c1-10(6-7-12)4-5-11(14-10)3-2-8-13-9-11/h2-6,8-9H2,1H3. The molecule has 2 rings (SSSR count). The minimum Gasteiger partial charge on any atom is -0.378 e. The zero-order chi connectivity index (χ0) is 10.1. The fourth-order valence-corrected chi connectivity index (χ4v) is 2.51. The summed E-state index contributed by atoms with van der Waals surface area (Å²) in [6.45, 7) is 3.62. The largest absolute Gasteiger partial charge is 0.378 e. The van der Waals surface area contributed by atoms with Crippen LogP contribution >= 0.6 is 0 Å². The lowest BCUT2D eigenvalue weighted by molar-refractivity contribution is -0.150. The van der Waals surface area contributed by atoms with Gasteiger partial charge in [0.2, 0.25) is 0 Å². The van der Waals surface area contributed by atoms with Crippen LogP contribution in [0.5, 0.6) is 0 Å².